The van der Waals surface area contributed by atoms with Gasteiger partial charge in [0.1, 0.15) is 36.0 Å². The van der Waals surface area contributed by atoms with Crippen LogP contribution in [-0.2, 0) is 9.59 Å². The normalized spacial score (nSPS) is 19.8. The highest BCUT2D eigenvalue weighted by molar-refractivity contribution is 6.15. The molecule has 0 bridgehead atoms. The lowest BCUT2D eigenvalue weighted by Crippen LogP contribution is -2.42. The molecule has 2 aliphatic heterocycles. The summed E-state index contributed by atoms with van der Waals surface area (Å²) < 4.78 is 24.1. The zero-order chi connectivity index (χ0) is 25.4. The molecule has 1 saturated heterocycles. The Labute approximate surface area is 206 Å². The minimum atomic E-state index is -0.839. The number of halogens is 1. The van der Waals surface area contributed by atoms with Crippen LogP contribution >= 0.6 is 0 Å². The van der Waals surface area contributed by atoms with Crippen LogP contribution in [0.3, 0.4) is 0 Å². The predicted octanol–water partition coefficient (Wildman–Crippen LogP) is 3.96. The second-order valence-electron chi connectivity index (χ2n) is 8.48. The van der Waals surface area contributed by atoms with Gasteiger partial charge in [-0.25, -0.2) is 14.2 Å². The van der Waals surface area contributed by atoms with Gasteiger partial charge in [-0.1, -0.05) is 0 Å². The molecule has 2 aromatic carbocycles. The molecule has 3 aromatic rings. The molecule has 1 fully saturated rings. The summed E-state index contributed by atoms with van der Waals surface area (Å²) >= 11 is 0. The fourth-order valence-corrected chi connectivity index (χ4v) is 4.42. The van der Waals surface area contributed by atoms with E-state index in [4.69, 9.17) is 9.15 Å². The Morgan fingerprint density at radius 1 is 1.11 bits per heavy atom. The molecule has 36 heavy (non-hydrogen) atoms. The third kappa shape index (κ3) is 4.10. The predicted molar refractivity (Wildman–Crippen MR) is 128 cm³/mol. The van der Waals surface area contributed by atoms with Gasteiger partial charge < -0.3 is 9.15 Å². The number of ether oxygens (including phenoxy) is 1. The number of furan rings is 1. The maximum absolute atomic E-state index is 13.4. The van der Waals surface area contributed by atoms with Crippen LogP contribution in [0.25, 0.3) is 0 Å². The summed E-state index contributed by atoms with van der Waals surface area (Å²) in [6.07, 6.45) is 1.91. The molecule has 0 N–H and O–H groups in total. The molecule has 1 aromatic heterocycles. The molecule has 2 atom stereocenters. The van der Waals surface area contributed by atoms with Crippen molar-refractivity contribution < 1.29 is 27.9 Å². The molecular weight excluding hydrogens is 467 g/mol. The number of benzene rings is 2. The first-order valence-electron chi connectivity index (χ1n) is 11.3. The summed E-state index contributed by atoms with van der Waals surface area (Å²) in [5.41, 5.74) is 1.84. The van der Waals surface area contributed by atoms with Crippen molar-refractivity contribution in [3.8, 4) is 5.75 Å². The van der Waals surface area contributed by atoms with Gasteiger partial charge in [0, 0.05) is 12.1 Å². The molecule has 0 aliphatic carbocycles. The van der Waals surface area contributed by atoms with Crippen LogP contribution in [0.4, 0.5) is 14.9 Å². The third-order valence-electron chi connectivity index (χ3n) is 6.31. The van der Waals surface area contributed by atoms with E-state index < -0.39 is 42.3 Å². The van der Waals surface area contributed by atoms with Crippen molar-refractivity contribution >= 4 is 29.2 Å². The first kappa shape index (κ1) is 23.3. The van der Waals surface area contributed by atoms with Gasteiger partial charge in [0.2, 0.25) is 0 Å². The first-order valence-corrected chi connectivity index (χ1v) is 11.3. The number of imide groups is 1. The van der Waals surface area contributed by atoms with E-state index in [1.165, 1.54) is 40.4 Å². The molecule has 2 unspecified atom stereocenters. The van der Waals surface area contributed by atoms with E-state index in [9.17, 15) is 18.8 Å². The van der Waals surface area contributed by atoms with Gasteiger partial charge in [0.15, 0.2) is 0 Å². The van der Waals surface area contributed by atoms with E-state index in [0.717, 1.165) is 10.5 Å². The third-order valence-corrected chi connectivity index (χ3v) is 6.31. The molecule has 10 heteroatoms. The number of carbonyl (C=O) groups excluding carboxylic acids is 3. The lowest BCUT2D eigenvalue weighted by molar-refractivity contribution is -0.138. The Morgan fingerprint density at radius 3 is 2.47 bits per heavy atom. The van der Waals surface area contributed by atoms with Gasteiger partial charge in [-0.2, -0.15) is 5.10 Å². The number of hydrazone groups is 1. The van der Waals surface area contributed by atoms with Crippen molar-refractivity contribution in [1.29, 1.82) is 0 Å². The van der Waals surface area contributed by atoms with Crippen molar-refractivity contribution in [3.05, 3.63) is 84.1 Å². The van der Waals surface area contributed by atoms with Gasteiger partial charge in [-0.15, -0.1) is 0 Å². The number of nitrogens with zero attached hydrogens (tertiary/aromatic N) is 4. The summed E-state index contributed by atoms with van der Waals surface area (Å²) in [7, 11) is 1.58. The van der Waals surface area contributed by atoms with Crippen molar-refractivity contribution in [2.75, 3.05) is 18.6 Å². The number of rotatable bonds is 6. The van der Waals surface area contributed by atoms with E-state index in [1.54, 1.807) is 38.3 Å². The van der Waals surface area contributed by atoms with Gasteiger partial charge >= 0.3 is 6.03 Å². The van der Waals surface area contributed by atoms with Gasteiger partial charge in [-0.05, 0) is 73.2 Å². The number of hydrogen-bond donors (Lipinski definition) is 0. The lowest BCUT2D eigenvalue weighted by Gasteiger charge is -2.22. The van der Waals surface area contributed by atoms with Gasteiger partial charge in [0.05, 0.1) is 19.1 Å². The van der Waals surface area contributed by atoms with Crippen LogP contribution in [0.1, 0.15) is 30.7 Å². The van der Waals surface area contributed by atoms with Gasteiger partial charge in [0.25, 0.3) is 11.8 Å². The summed E-state index contributed by atoms with van der Waals surface area (Å²) in [6.45, 7) is 1.08. The Kier molecular flexibility index (Phi) is 6.01. The van der Waals surface area contributed by atoms with Crippen molar-refractivity contribution in [2.45, 2.75) is 25.4 Å². The average molecular weight is 490 g/mol. The van der Waals surface area contributed by atoms with Crippen molar-refractivity contribution in [3.63, 3.8) is 0 Å². The van der Waals surface area contributed by atoms with Crippen molar-refractivity contribution in [2.24, 2.45) is 5.10 Å². The van der Waals surface area contributed by atoms with Crippen LogP contribution in [0.5, 0.6) is 5.75 Å². The topological polar surface area (TPSA) is 95.7 Å². The van der Waals surface area contributed by atoms with E-state index in [2.05, 4.69) is 5.10 Å². The smallest absolute Gasteiger partial charge is 0.332 e. The molecular formula is C26H23FN4O5. The fraction of sp³-hybridized carbons (Fsp3) is 0.231. The number of urea groups is 1. The SMILES string of the molecule is COc1ccc(C2=NN(C(=O)CN3C(=O)C(C)N(c4ccc(F)cc4)C3=O)C(c3ccco3)C2)cc1. The number of anilines is 1. The number of hydrogen-bond acceptors (Lipinski definition) is 6. The maximum atomic E-state index is 13.4. The Bertz CT molecular complexity index is 1320. The first-order chi connectivity index (χ1) is 17.4. The minimum absolute atomic E-state index is 0.367. The molecule has 0 spiro atoms. The monoisotopic (exact) mass is 490 g/mol. The number of amides is 4. The largest absolute Gasteiger partial charge is 0.497 e. The fourth-order valence-electron chi connectivity index (χ4n) is 4.42. The number of carbonyl (C=O) groups is 3. The van der Waals surface area contributed by atoms with Crippen LogP contribution < -0.4 is 9.64 Å². The summed E-state index contributed by atoms with van der Waals surface area (Å²) in [4.78, 5) is 41.6. The second-order valence-corrected chi connectivity index (χ2v) is 8.48. The van der Waals surface area contributed by atoms with Crippen molar-refractivity contribution in [1.82, 2.24) is 9.91 Å². The highest BCUT2D eigenvalue weighted by atomic mass is 19.1. The summed E-state index contributed by atoms with van der Waals surface area (Å²) in [6, 6.07) is 14.0. The summed E-state index contributed by atoms with van der Waals surface area (Å²) in [5.74, 6) is -0.282. The average Bonchev–Trinajstić information content (AvgIpc) is 3.62. The second kappa shape index (κ2) is 9.29. The Morgan fingerprint density at radius 2 is 1.83 bits per heavy atom. The highest BCUT2D eigenvalue weighted by Crippen LogP contribution is 2.34. The van der Waals surface area contributed by atoms with Crippen LogP contribution in [0.15, 0.2) is 76.4 Å². The molecule has 3 heterocycles. The van der Waals surface area contributed by atoms with Crippen LogP contribution in [-0.4, -0.2) is 53.2 Å². The lowest BCUT2D eigenvalue weighted by atomic mass is 10.0. The Hall–Kier alpha value is -4.47. The van der Waals surface area contributed by atoms with E-state index >= 15 is 0 Å². The molecule has 4 amide bonds. The van der Waals surface area contributed by atoms with Crippen LogP contribution in [0.2, 0.25) is 0 Å². The Balaban J connectivity index is 1.40. The molecule has 0 saturated carbocycles. The molecule has 5 rings (SSSR count). The molecule has 184 valence electrons. The highest BCUT2D eigenvalue weighted by Gasteiger charge is 2.45. The van der Waals surface area contributed by atoms with E-state index in [1.807, 2.05) is 12.1 Å². The zero-order valence-electron chi connectivity index (χ0n) is 19.6. The minimum Gasteiger partial charge on any atom is -0.497 e. The molecule has 0 radical (unpaired) electrons. The van der Waals surface area contributed by atoms with Crippen LogP contribution in [0, 0.1) is 5.82 Å². The summed E-state index contributed by atoms with van der Waals surface area (Å²) in [5, 5.41) is 5.81. The van der Waals surface area contributed by atoms with E-state index in [-0.39, 0.29) is 0 Å². The van der Waals surface area contributed by atoms with E-state index in [0.29, 0.717) is 29.3 Å². The molecule has 9 nitrogen and oxygen atoms in total. The zero-order valence-corrected chi connectivity index (χ0v) is 19.6. The number of methoxy groups -OCH3 is 1. The molecule has 2 aliphatic rings. The standard InChI is InChI=1S/C26H23FN4O5/c1-16-25(33)29(26(34)30(16)19-9-7-18(27)8-10-19)15-24(32)31-22(23-4-3-13-36-23)14-21(28-31)17-5-11-20(35-2)12-6-17/h3-13,16,22H,14-15H2,1-2H3. The maximum Gasteiger partial charge on any atom is 0.332 e. The van der Waals surface area contributed by atoms with Gasteiger partial charge in [-0.3, -0.25) is 19.4 Å². The quantitative estimate of drug-likeness (QED) is 0.488.